The average molecular weight is 333 g/mol. The third-order valence-electron chi connectivity index (χ3n) is 2.43. The van der Waals surface area contributed by atoms with E-state index >= 15 is 0 Å². The largest absolute Gasteiger partial charge is 0.384 e. The molecule has 0 radical (unpaired) electrons. The van der Waals surface area contributed by atoms with Crippen molar-refractivity contribution in [1.29, 1.82) is 0 Å². The molecule has 0 aliphatic carbocycles. The molecule has 0 aliphatic rings. The zero-order valence-corrected chi connectivity index (χ0v) is 12.5. The summed E-state index contributed by atoms with van der Waals surface area (Å²) < 4.78 is 1.18. The molecule has 0 bridgehead atoms. The first-order valence-corrected chi connectivity index (χ1v) is 6.52. The molecule has 16 heavy (non-hydrogen) atoms. The van der Waals surface area contributed by atoms with Gasteiger partial charge in [-0.15, -0.1) is 0 Å². The molecule has 2 nitrogen and oxygen atoms in total. The number of nitrogens with one attached hydrogen (secondary N) is 1. The van der Waals surface area contributed by atoms with E-state index in [1.807, 2.05) is 31.2 Å². The lowest BCUT2D eigenvalue weighted by molar-refractivity contribution is 0.0502. The van der Waals surface area contributed by atoms with Crippen molar-refractivity contribution in [2.75, 3.05) is 6.54 Å². The monoisotopic (exact) mass is 333 g/mol. The summed E-state index contributed by atoms with van der Waals surface area (Å²) in [6.45, 7) is 8.68. The second-order valence-electron chi connectivity index (χ2n) is 5.38. The van der Waals surface area contributed by atoms with E-state index in [0.717, 1.165) is 5.56 Å². The van der Waals surface area contributed by atoms with Gasteiger partial charge in [-0.05, 0) is 68.0 Å². The summed E-state index contributed by atoms with van der Waals surface area (Å²) >= 11 is 2.26. The summed E-state index contributed by atoms with van der Waals surface area (Å²) in [6.07, 6.45) is 0. The number of aliphatic hydroxyl groups is 1. The molecule has 0 amide bonds. The van der Waals surface area contributed by atoms with Crippen molar-refractivity contribution in [3.05, 3.63) is 33.4 Å². The van der Waals surface area contributed by atoms with Gasteiger partial charge in [0.2, 0.25) is 0 Å². The summed E-state index contributed by atoms with van der Waals surface area (Å²) in [4.78, 5) is 0. The molecule has 2 N–H and O–H groups in total. The Morgan fingerprint density at radius 3 is 2.06 bits per heavy atom. The van der Waals surface area contributed by atoms with Gasteiger partial charge in [0, 0.05) is 15.7 Å². The van der Waals surface area contributed by atoms with E-state index in [1.165, 1.54) is 3.57 Å². The average Bonchev–Trinajstić information content (AvgIpc) is 2.15. The highest BCUT2D eigenvalue weighted by Crippen LogP contribution is 2.21. The lowest BCUT2D eigenvalue weighted by Gasteiger charge is -2.29. The van der Waals surface area contributed by atoms with E-state index in [4.69, 9.17) is 0 Å². The molecule has 0 fully saturated rings. The predicted molar refractivity (Wildman–Crippen MR) is 76.5 cm³/mol. The van der Waals surface area contributed by atoms with Crippen LogP contribution >= 0.6 is 22.6 Å². The lowest BCUT2D eigenvalue weighted by atomic mass is 9.95. The maximum absolute atomic E-state index is 10.4. The second kappa shape index (κ2) is 5.02. The first kappa shape index (κ1) is 13.9. The molecule has 1 rings (SSSR count). The van der Waals surface area contributed by atoms with Crippen LogP contribution in [0.3, 0.4) is 0 Å². The molecule has 3 heteroatoms. The van der Waals surface area contributed by atoms with Crippen molar-refractivity contribution in [2.45, 2.75) is 38.8 Å². The zero-order chi connectivity index (χ0) is 12.4. The van der Waals surface area contributed by atoms with Crippen LogP contribution in [0.15, 0.2) is 24.3 Å². The van der Waals surface area contributed by atoms with Gasteiger partial charge in [0.25, 0.3) is 0 Å². The SMILES string of the molecule is CC(C)(C)NCC(C)(O)c1ccc(I)cc1. The highest BCUT2D eigenvalue weighted by Gasteiger charge is 2.24. The lowest BCUT2D eigenvalue weighted by Crippen LogP contribution is -2.44. The number of hydrogen-bond acceptors (Lipinski definition) is 2. The number of β-amino-alcohol motifs (C(OH)–C–C–N with tert-alkyl or cyclic N) is 1. The standard InChI is InChI=1S/C13H20INO/c1-12(2,3)15-9-13(4,16)10-5-7-11(14)8-6-10/h5-8,15-16H,9H2,1-4H3. The van der Waals surface area contributed by atoms with Crippen LogP contribution < -0.4 is 5.32 Å². The molecule has 0 heterocycles. The molecule has 90 valence electrons. The quantitative estimate of drug-likeness (QED) is 0.834. The number of benzene rings is 1. The van der Waals surface area contributed by atoms with Gasteiger partial charge in [0.05, 0.1) is 5.60 Å². The van der Waals surface area contributed by atoms with Crippen molar-refractivity contribution in [2.24, 2.45) is 0 Å². The Balaban J connectivity index is 2.73. The summed E-state index contributed by atoms with van der Waals surface area (Å²) in [6, 6.07) is 7.99. The summed E-state index contributed by atoms with van der Waals surface area (Å²) in [5.41, 5.74) is 0.148. The third-order valence-corrected chi connectivity index (χ3v) is 3.15. The second-order valence-corrected chi connectivity index (χ2v) is 6.63. The van der Waals surface area contributed by atoms with Gasteiger partial charge in [-0.1, -0.05) is 12.1 Å². The van der Waals surface area contributed by atoms with Crippen LogP contribution in [0, 0.1) is 3.57 Å². The van der Waals surface area contributed by atoms with E-state index in [0.29, 0.717) is 6.54 Å². The fraction of sp³-hybridized carbons (Fsp3) is 0.538. The topological polar surface area (TPSA) is 32.3 Å². The fourth-order valence-corrected chi connectivity index (χ4v) is 1.71. The molecule has 1 aromatic carbocycles. The number of rotatable bonds is 3. The molecule has 0 saturated carbocycles. The van der Waals surface area contributed by atoms with Gasteiger partial charge in [-0.3, -0.25) is 0 Å². The Bertz CT molecular complexity index is 338. The molecule has 1 unspecified atom stereocenters. The van der Waals surface area contributed by atoms with E-state index in [2.05, 4.69) is 48.7 Å². The van der Waals surface area contributed by atoms with Crippen LogP contribution in [0.2, 0.25) is 0 Å². The fourth-order valence-electron chi connectivity index (χ4n) is 1.35. The Hall–Kier alpha value is -0.130. The van der Waals surface area contributed by atoms with Gasteiger partial charge >= 0.3 is 0 Å². The molecule has 0 aromatic heterocycles. The Labute approximate surface area is 112 Å². The van der Waals surface area contributed by atoms with Crippen LogP contribution in [0.4, 0.5) is 0 Å². The van der Waals surface area contributed by atoms with Crippen LogP contribution in [0.5, 0.6) is 0 Å². The molecule has 1 aromatic rings. The third kappa shape index (κ3) is 4.39. The van der Waals surface area contributed by atoms with Crippen molar-refractivity contribution >= 4 is 22.6 Å². The van der Waals surface area contributed by atoms with E-state index in [-0.39, 0.29) is 5.54 Å². The van der Waals surface area contributed by atoms with E-state index in [1.54, 1.807) is 0 Å². The highest BCUT2D eigenvalue weighted by atomic mass is 127. The van der Waals surface area contributed by atoms with Gasteiger partial charge in [-0.2, -0.15) is 0 Å². The molecular formula is C13H20INO. The molecule has 0 spiro atoms. The molecule has 1 atom stereocenters. The van der Waals surface area contributed by atoms with Crippen molar-refractivity contribution in [1.82, 2.24) is 5.32 Å². The maximum Gasteiger partial charge on any atom is 0.0992 e. The van der Waals surface area contributed by atoms with E-state index in [9.17, 15) is 5.11 Å². The summed E-state index contributed by atoms with van der Waals surface area (Å²) in [5.74, 6) is 0. The first-order valence-electron chi connectivity index (χ1n) is 5.44. The van der Waals surface area contributed by atoms with Crippen molar-refractivity contribution in [3.63, 3.8) is 0 Å². The summed E-state index contributed by atoms with van der Waals surface area (Å²) in [7, 11) is 0. The maximum atomic E-state index is 10.4. The summed E-state index contributed by atoms with van der Waals surface area (Å²) in [5, 5.41) is 13.7. The highest BCUT2D eigenvalue weighted by molar-refractivity contribution is 14.1. The van der Waals surface area contributed by atoms with Crippen LogP contribution in [0.1, 0.15) is 33.3 Å². The Morgan fingerprint density at radius 2 is 1.62 bits per heavy atom. The predicted octanol–water partition coefficient (Wildman–Crippen LogP) is 2.89. The Kier molecular flexibility index (Phi) is 4.37. The van der Waals surface area contributed by atoms with Gasteiger partial charge in [-0.25, -0.2) is 0 Å². The number of hydrogen-bond donors (Lipinski definition) is 2. The first-order chi connectivity index (χ1) is 7.21. The normalized spacial score (nSPS) is 15.9. The van der Waals surface area contributed by atoms with Crippen LogP contribution in [-0.2, 0) is 5.60 Å². The molecule has 0 aliphatic heterocycles. The zero-order valence-electron chi connectivity index (χ0n) is 10.3. The minimum Gasteiger partial charge on any atom is -0.384 e. The molecular weight excluding hydrogens is 313 g/mol. The van der Waals surface area contributed by atoms with Crippen molar-refractivity contribution in [3.8, 4) is 0 Å². The van der Waals surface area contributed by atoms with Gasteiger partial charge in [0.1, 0.15) is 0 Å². The molecule has 0 saturated heterocycles. The van der Waals surface area contributed by atoms with Crippen molar-refractivity contribution < 1.29 is 5.11 Å². The van der Waals surface area contributed by atoms with Crippen LogP contribution in [0.25, 0.3) is 0 Å². The minimum absolute atomic E-state index is 0.0210. The minimum atomic E-state index is -0.822. The Morgan fingerprint density at radius 1 is 1.12 bits per heavy atom. The number of halogens is 1. The smallest absolute Gasteiger partial charge is 0.0992 e. The van der Waals surface area contributed by atoms with E-state index < -0.39 is 5.60 Å². The van der Waals surface area contributed by atoms with Crippen LogP contribution in [-0.4, -0.2) is 17.2 Å². The van der Waals surface area contributed by atoms with Gasteiger partial charge < -0.3 is 10.4 Å². The van der Waals surface area contributed by atoms with Gasteiger partial charge in [0.15, 0.2) is 0 Å².